The van der Waals surface area contributed by atoms with E-state index in [-0.39, 0.29) is 5.82 Å². The predicted octanol–water partition coefficient (Wildman–Crippen LogP) is 7.17. The van der Waals surface area contributed by atoms with Crippen molar-refractivity contribution >= 4 is 52.2 Å². The van der Waals surface area contributed by atoms with Gasteiger partial charge in [-0.2, -0.15) is 0 Å². The number of hydrogen-bond acceptors (Lipinski definition) is 1. The molecule has 0 fully saturated rings. The Balaban J connectivity index is 1.69. The molecule has 4 aromatic rings. The van der Waals surface area contributed by atoms with Gasteiger partial charge in [-0.15, -0.1) is 0 Å². The number of nitrogens with one attached hydrogen (secondary N) is 2. The Morgan fingerprint density at radius 3 is 2.72 bits per heavy atom. The summed E-state index contributed by atoms with van der Waals surface area (Å²) in [6.45, 7) is 0. The van der Waals surface area contributed by atoms with Crippen LogP contribution < -0.4 is 0 Å². The molecule has 5 rings (SSSR count). The van der Waals surface area contributed by atoms with Gasteiger partial charge in [-0.3, -0.25) is 0 Å². The molecule has 146 valence electrons. The van der Waals surface area contributed by atoms with Crippen molar-refractivity contribution in [3.63, 3.8) is 0 Å². The Kier molecular flexibility index (Phi) is 4.91. The summed E-state index contributed by atoms with van der Waals surface area (Å²) in [5, 5.41) is 1.10. The molecule has 1 aliphatic heterocycles. The Morgan fingerprint density at radius 2 is 1.97 bits per heavy atom. The molecule has 6 heteroatoms. The van der Waals surface area contributed by atoms with Crippen LogP contribution >= 0.6 is 35.7 Å². The van der Waals surface area contributed by atoms with E-state index in [1.165, 1.54) is 12.1 Å². The number of rotatable bonds is 3. The number of fused-ring (bicyclic) bond motifs is 1. The molecule has 0 bridgehead atoms. The molecule has 3 heterocycles. The number of nitrogens with zero attached hydrogens (tertiary/aromatic N) is 1. The zero-order valence-corrected chi connectivity index (χ0v) is 19.4. The Morgan fingerprint density at radius 1 is 1.14 bits per heavy atom. The fraction of sp³-hybridized carbons (Fsp3) is 0.0870. The van der Waals surface area contributed by atoms with Crippen molar-refractivity contribution in [3.05, 3.63) is 80.9 Å². The monoisotopic (exact) mass is 561 g/mol. The van der Waals surface area contributed by atoms with Crippen molar-refractivity contribution in [2.75, 3.05) is 9.36 Å². The number of aromatic amines is 2. The fourth-order valence-corrected chi connectivity index (χ4v) is 6.33. The molecule has 1 aliphatic rings. The summed E-state index contributed by atoms with van der Waals surface area (Å²) in [7, 11) is 0. The van der Waals surface area contributed by atoms with Gasteiger partial charge < -0.3 is 0 Å². The standard InChI is InChI=1S/C23H18BrFIN3/c1-26-10-8-15(9-11-26)22-21(14-2-5-17(25)6-3-14)28-23(29-22)19-13-27-20-7-4-16(24)12-18(19)20/h2-10,12-13,27H,11H2,1H3,(H,28,29). The molecule has 0 saturated heterocycles. The van der Waals surface area contributed by atoms with Gasteiger partial charge >= 0.3 is 184 Å². The second kappa shape index (κ2) is 7.57. The molecule has 0 unspecified atom stereocenters. The van der Waals surface area contributed by atoms with Crippen LogP contribution in [0.2, 0.25) is 0 Å². The minimum atomic E-state index is -0.954. The molecule has 0 atom stereocenters. The SMILES string of the molecule is CI1C=CC(c2[nH]c(-c3c[nH]c4ccc(Br)cc34)nc2-c2ccc(F)cc2)=CC1. The van der Waals surface area contributed by atoms with Gasteiger partial charge in [0, 0.05) is 0 Å². The van der Waals surface area contributed by atoms with Crippen molar-refractivity contribution < 1.29 is 4.39 Å². The van der Waals surface area contributed by atoms with Crippen LogP contribution in [0, 0.1) is 5.82 Å². The van der Waals surface area contributed by atoms with Gasteiger partial charge in [-0.05, 0) is 0 Å². The van der Waals surface area contributed by atoms with Crippen LogP contribution in [0.5, 0.6) is 0 Å². The zero-order valence-electron chi connectivity index (χ0n) is 15.6. The number of aromatic nitrogens is 3. The third kappa shape index (κ3) is 3.59. The summed E-state index contributed by atoms with van der Waals surface area (Å²) >= 11 is 2.61. The van der Waals surface area contributed by atoms with Crippen LogP contribution in [-0.2, 0) is 0 Å². The first-order valence-electron chi connectivity index (χ1n) is 9.14. The van der Waals surface area contributed by atoms with E-state index >= 15 is 0 Å². The number of benzene rings is 2. The second-order valence-corrected chi connectivity index (χ2v) is 13.1. The van der Waals surface area contributed by atoms with E-state index in [0.717, 1.165) is 53.7 Å². The van der Waals surface area contributed by atoms with Crippen molar-refractivity contribution in [2.24, 2.45) is 0 Å². The summed E-state index contributed by atoms with van der Waals surface area (Å²) in [5.41, 5.74) is 5.95. The summed E-state index contributed by atoms with van der Waals surface area (Å²) in [6, 6.07) is 12.7. The first kappa shape index (κ1) is 18.8. The van der Waals surface area contributed by atoms with E-state index in [0.29, 0.717) is 0 Å². The average molecular weight is 562 g/mol. The zero-order chi connectivity index (χ0) is 20.0. The number of alkyl halides is 2. The van der Waals surface area contributed by atoms with Crippen molar-refractivity contribution in [2.45, 2.75) is 0 Å². The molecule has 0 aliphatic carbocycles. The first-order valence-corrected chi connectivity index (χ1v) is 14.9. The summed E-state index contributed by atoms with van der Waals surface area (Å²) in [4.78, 5) is 14.2. The van der Waals surface area contributed by atoms with Crippen LogP contribution in [0.15, 0.2) is 69.4 Å². The number of imidazole rings is 1. The molecule has 2 aromatic carbocycles. The number of allylic oxidation sites excluding steroid dienone is 3. The Bertz CT molecular complexity index is 1270. The average Bonchev–Trinajstić information content (AvgIpc) is 3.33. The maximum atomic E-state index is 13.5. The molecule has 0 spiro atoms. The van der Waals surface area contributed by atoms with E-state index in [4.69, 9.17) is 4.98 Å². The summed E-state index contributed by atoms with van der Waals surface area (Å²) in [5.74, 6) is 0.556. The quantitative estimate of drug-likeness (QED) is 0.202. The molecular weight excluding hydrogens is 544 g/mol. The molecule has 29 heavy (non-hydrogen) atoms. The molecule has 2 aromatic heterocycles. The molecule has 3 nitrogen and oxygen atoms in total. The van der Waals surface area contributed by atoms with Crippen LogP contribution in [0.3, 0.4) is 0 Å². The molecule has 0 saturated carbocycles. The van der Waals surface area contributed by atoms with E-state index in [9.17, 15) is 4.39 Å². The summed E-state index contributed by atoms with van der Waals surface area (Å²) < 4.78 is 18.0. The summed E-state index contributed by atoms with van der Waals surface area (Å²) in [6.07, 6.45) is 6.50. The maximum absolute atomic E-state index is 13.5. The van der Waals surface area contributed by atoms with Crippen LogP contribution in [0.1, 0.15) is 5.69 Å². The predicted molar refractivity (Wildman–Crippen MR) is 131 cm³/mol. The normalized spacial score (nSPS) is 15.1. The number of halogens is 3. The third-order valence-electron chi connectivity index (χ3n) is 5.01. The van der Waals surface area contributed by atoms with Crippen molar-refractivity contribution in [1.82, 2.24) is 15.0 Å². The van der Waals surface area contributed by atoms with Gasteiger partial charge in [-0.25, -0.2) is 0 Å². The number of hydrogen-bond donors (Lipinski definition) is 2. The van der Waals surface area contributed by atoms with Gasteiger partial charge in [0.15, 0.2) is 0 Å². The third-order valence-corrected chi connectivity index (χ3v) is 8.92. The van der Waals surface area contributed by atoms with Crippen LogP contribution in [-0.4, -0.2) is 24.3 Å². The van der Waals surface area contributed by atoms with Crippen LogP contribution in [0.25, 0.3) is 39.1 Å². The van der Waals surface area contributed by atoms with E-state index < -0.39 is 19.8 Å². The fourth-order valence-electron chi connectivity index (χ4n) is 3.50. The topological polar surface area (TPSA) is 44.5 Å². The Labute approximate surface area is 183 Å². The first-order chi connectivity index (χ1) is 14.1. The van der Waals surface area contributed by atoms with Gasteiger partial charge in [0.2, 0.25) is 0 Å². The Hall–Kier alpha value is -2.19. The van der Waals surface area contributed by atoms with Gasteiger partial charge in [-0.1, -0.05) is 0 Å². The minimum absolute atomic E-state index is 0.245. The molecule has 0 amide bonds. The van der Waals surface area contributed by atoms with Gasteiger partial charge in [0.25, 0.3) is 0 Å². The second-order valence-electron chi connectivity index (χ2n) is 6.95. The van der Waals surface area contributed by atoms with E-state index in [2.05, 4.69) is 53.1 Å². The van der Waals surface area contributed by atoms with Crippen LogP contribution in [0.4, 0.5) is 4.39 Å². The van der Waals surface area contributed by atoms with Gasteiger partial charge in [0.05, 0.1) is 0 Å². The molecular formula is C23H18BrFIN3. The number of H-pyrrole nitrogens is 2. The molecule has 2 N–H and O–H groups in total. The van der Waals surface area contributed by atoms with Crippen molar-refractivity contribution in [1.29, 1.82) is 0 Å². The van der Waals surface area contributed by atoms with E-state index in [1.54, 1.807) is 12.1 Å². The molecule has 0 radical (unpaired) electrons. The van der Waals surface area contributed by atoms with E-state index in [1.807, 2.05) is 18.3 Å². The van der Waals surface area contributed by atoms with Crippen molar-refractivity contribution in [3.8, 4) is 22.6 Å². The van der Waals surface area contributed by atoms with Gasteiger partial charge in [0.1, 0.15) is 0 Å².